The zero-order valence-corrected chi connectivity index (χ0v) is 17.9. The van der Waals surface area contributed by atoms with Crippen LogP contribution in [0.3, 0.4) is 0 Å². The highest BCUT2D eigenvalue weighted by atomic mass is 16.5. The number of rotatable bonds is 8. The van der Waals surface area contributed by atoms with Crippen LogP contribution in [-0.2, 0) is 11.8 Å². The zero-order valence-electron chi connectivity index (χ0n) is 17.9. The smallest absolute Gasteiger partial charge is 0.226 e. The van der Waals surface area contributed by atoms with Crippen LogP contribution in [0.5, 0.6) is 0 Å². The second-order valence-electron chi connectivity index (χ2n) is 8.18. The van der Waals surface area contributed by atoms with Gasteiger partial charge in [-0.15, -0.1) is 0 Å². The summed E-state index contributed by atoms with van der Waals surface area (Å²) in [5, 5.41) is 4.34. The summed E-state index contributed by atoms with van der Waals surface area (Å²) in [7, 11) is 4.13. The van der Waals surface area contributed by atoms with Gasteiger partial charge in [0.2, 0.25) is 11.8 Å². The molecule has 0 saturated carbocycles. The highest BCUT2D eigenvalue weighted by Crippen LogP contribution is 2.38. The first kappa shape index (κ1) is 20.9. The number of nitrogen functional groups attached to an aromatic ring is 1. The lowest BCUT2D eigenvalue weighted by Gasteiger charge is -2.31. The van der Waals surface area contributed by atoms with Crippen molar-refractivity contribution in [2.24, 2.45) is 5.92 Å². The average molecular weight is 395 g/mol. The molecule has 3 rings (SSSR count). The highest BCUT2D eigenvalue weighted by molar-refractivity contribution is 5.62. The summed E-state index contributed by atoms with van der Waals surface area (Å²) in [4.78, 5) is 15.0. The number of aromatic nitrogens is 4. The standard InChI is InChI=1S/C22H30N6O/c1-15(2)22(3,20-26-19(29-27-20)7-6-12-28(4)5)18-10-8-16(9-11-18)17-13-24-21(23)25-14-17/h8-11,13-15H,6-7,12H2,1-5H3,(H2,23,24,25). The van der Waals surface area contributed by atoms with Crippen molar-refractivity contribution in [2.75, 3.05) is 26.4 Å². The SMILES string of the molecule is CC(C)C(C)(c1ccc(-c2cnc(N)nc2)cc1)c1noc(CCCN(C)C)n1. The largest absolute Gasteiger partial charge is 0.368 e. The number of hydrogen-bond acceptors (Lipinski definition) is 7. The van der Waals surface area contributed by atoms with Crippen molar-refractivity contribution in [3.63, 3.8) is 0 Å². The first-order valence-corrected chi connectivity index (χ1v) is 9.97. The topological polar surface area (TPSA) is 94.0 Å². The molecule has 0 aliphatic heterocycles. The van der Waals surface area contributed by atoms with Crippen LogP contribution in [0.2, 0.25) is 0 Å². The van der Waals surface area contributed by atoms with Gasteiger partial charge in [-0.1, -0.05) is 43.3 Å². The van der Waals surface area contributed by atoms with Gasteiger partial charge in [-0.3, -0.25) is 0 Å². The maximum atomic E-state index is 5.58. The quantitative estimate of drug-likeness (QED) is 0.624. The van der Waals surface area contributed by atoms with Crippen LogP contribution >= 0.6 is 0 Å². The van der Waals surface area contributed by atoms with Gasteiger partial charge in [0.1, 0.15) is 0 Å². The molecular weight excluding hydrogens is 364 g/mol. The van der Waals surface area contributed by atoms with Gasteiger partial charge in [0.05, 0.1) is 5.41 Å². The molecule has 7 heteroatoms. The molecule has 0 aliphatic carbocycles. The Hall–Kier alpha value is -2.80. The molecule has 1 aromatic carbocycles. The number of nitrogens with zero attached hydrogens (tertiary/aromatic N) is 5. The lowest BCUT2D eigenvalue weighted by Crippen LogP contribution is -2.31. The molecule has 0 bridgehead atoms. The van der Waals surface area contributed by atoms with E-state index in [1.807, 2.05) is 0 Å². The molecule has 1 unspecified atom stereocenters. The van der Waals surface area contributed by atoms with Gasteiger partial charge in [-0.2, -0.15) is 4.98 Å². The van der Waals surface area contributed by atoms with Crippen LogP contribution in [0.15, 0.2) is 41.2 Å². The molecule has 2 N–H and O–H groups in total. The minimum Gasteiger partial charge on any atom is -0.368 e. The maximum Gasteiger partial charge on any atom is 0.226 e. The molecule has 0 saturated heterocycles. The molecule has 0 radical (unpaired) electrons. The Labute approximate surface area is 172 Å². The first-order valence-electron chi connectivity index (χ1n) is 9.97. The van der Waals surface area contributed by atoms with E-state index in [4.69, 9.17) is 15.2 Å². The first-order chi connectivity index (χ1) is 13.8. The summed E-state index contributed by atoms with van der Waals surface area (Å²) in [6.07, 6.45) is 5.25. The van der Waals surface area contributed by atoms with Gasteiger partial charge < -0.3 is 15.2 Å². The lowest BCUT2D eigenvalue weighted by molar-refractivity contribution is 0.330. The van der Waals surface area contributed by atoms with Gasteiger partial charge in [0, 0.05) is 24.4 Å². The molecule has 0 amide bonds. The Kier molecular flexibility index (Phi) is 6.27. The van der Waals surface area contributed by atoms with E-state index >= 15 is 0 Å². The summed E-state index contributed by atoms with van der Waals surface area (Å²) >= 11 is 0. The van der Waals surface area contributed by atoms with Gasteiger partial charge >= 0.3 is 0 Å². The van der Waals surface area contributed by atoms with E-state index in [1.165, 1.54) is 0 Å². The van der Waals surface area contributed by atoms with Crippen molar-refractivity contribution < 1.29 is 4.52 Å². The number of nitrogens with two attached hydrogens (primary N) is 1. The van der Waals surface area contributed by atoms with E-state index in [0.717, 1.165) is 41.9 Å². The van der Waals surface area contributed by atoms with E-state index in [9.17, 15) is 0 Å². The molecule has 7 nitrogen and oxygen atoms in total. The Bertz CT molecular complexity index is 917. The third kappa shape index (κ3) is 4.62. The fourth-order valence-corrected chi connectivity index (χ4v) is 3.33. The molecule has 0 aliphatic rings. The van der Waals surface area contributed by atoms with Crippen LogP contribution in [0.25, 0.3) is 11.1 Å². The van der Waals surface area contributed by atoms with Crippen LogP contribution in [-0.4, -0.2) is 45.6 Å². The molecule has 2 heterocycles. The summed E-state index contributed by atoms with van der Waals surface area (Å²) in [5.74, 6) is 2.00. The second-order valence-corrected chi connectivity index (χ2v) is 8.18. The van der Waals surface area contributed by atoms with Crippen molar-refractivity contribution in [1.29, 1.82) is 0 Å². The van der Waals surface area contributed by atoms with Gasteiger partial charge in [0.15, 0.2) is 5.82 Å². The third-order valence-corrected chi connectivity index (χ3v) is 5.57. The number of hydrogen-bond donors (Lipinski definition) is 1. The van der Waals surface area contributed by atoms with Gasteiger partial charge in [0.25, 0.3) is 0 Å². The summed E-state index contributed by atoms with van der Waals surface area (Å²) in [5.41, 5.74) is 8.35. The van der Waals surface area contributed by atoms with Gasteiger partial charge in [-0.25, -0.2) is 9.97 Å². The van der Waals surface area contributed by atoms with Gasteiger partial charge in [-0.05, 0) is 51.0 Å². The molecule has 3 aromatic rings. The predicted octanol–water partition coefficient (Wildman–Crippen LogP) is 3.57. The Morgan fingerprint density at radius 1 is 1.07 bits per heavy atom. The average Bonchev–Trinajstić information content (AvgIpc) is 3.17. The number of aryl methyl sites for hydroxylation is 1. The normalized spacial score (nSPS) is 13.8. The lowest BCUT2D eigenvalue weighted by atomic mass is 9.72. The van der Waals surface area contributed by atoms with Crippen molar-refractivity contribution in [3.8, 4) is 11.1 Å². The Morgan fingerprint density at radius 3 is 2.31 bits per heavy atom. The van der Waals surface area contributed by atoms with E-state index in [2.05, 4.69) is 79.2 Å². The minimum atomic E-state index is -0.348. The van der Waals surface area contributed by atoms with Crippen LogP contribution in [0, 0.1) is 5.92 Å². The second kappa shape index (κ2) is 8.69. The molecule has 0 fully saturated rings. The number of anilines is 1. The maximum absolute atomic E-state index is 5.58. The molecule has 29 heavy (non-hydrogen) atoms. The molecule has 2 aromatic heterocycles. The Morgan fingerprint density at radius 2 is 1.72 bits per heavy atom. The summed E-state index contributed by atoms with van der Waals surface area (Å²) < 4.78 is 5.56. The minimum absolute atomic E-state index is 0.274. The van der Waals surface area contributed by atoms with E-state index < -0.39 is 0 Å². The molecule has 0 spiro atoms. The molecule has 1 atom stereocenters. The zero-order chi connectivity index (χ0) is 21.0. The van der Waals surface area contributed by atoms with E-state index in [-0.39, 0.29) is 11.4 Å². The fourth-order valence-electron chi connectivity index (χ4n) is 3.33. The van der Waals surface area contributed by atoms with E-state index in [1.54, 1.807) is 12.4 Å². The van der Waals surface area contributed by atoms with E-state index in [0.29, 0.717) is 11.8 Å². The monoisotopic (exact) mass is 394 g/mol. The summed E-state index contributed by atoms with van der Waals surface area (Å²) in [6.45, 7) is 7.54. The fraction of sp³-hybridized carbons (Fsp3) is 0.455. The van der Waals surface area contributed by atoms with Crippen LogP contribution in [0.4, 0.5) is 5.95 Å². The Balaban J connectivity index is 1.85. The van der Waals surface area contributed by atoms with Crippen molar-refractivity contribution in [2.45, 2.75) is 39.0 Å². The van der Waals surface area contributed by atoms with Crippen molar-refractivity contribution in [3.05, 3.63) is 53.9 Å². The van der Waals surface area contributed by atoms with Crippen LogP contribution in [0.1, 0.15) is 44.5 Å². The molecule has 154 valence electrons. The summed E-state index contributed by atoms with van der Waals surface area (Å²) in [6, 6.07) is 8.38. The van der Waals surface area contributed by atoms with Crippen molar-refractivity contribution >= 4 is 5.95 Å². The van der Waals surface area contributed by atoms with Crippen molar-refractivity contribution in [1.82, 2.24) is 25.0 Å². The highest BCUT2D eigenvalue weighted by Gasteiger charge is 2.37. The molecular formula is C22H30N6O. The third-order valence-electron chi connectivity index (χ3n) is 5.57. The number of benzene rings is 1. The van der Waals surface area contributed by atoms with Crippen LogP contribution < -0.4 is 5.73 Å². The predicted molar refractivity (Wildman–Crippen MR) is 114 cm³/mol.